The number of nitrogens with zero attached hydrogens (tertiary/aromatic N) is 7. The van der Waals surface area contributed by atoms with Crippen molar-refractivity contribution in [1.29, 1.82) is 0 Å². The molecule has 1 aromatic carbocycles. The second-order valence-electron chi connectivity index (χ2n) is 7.31. The van der Waals surface area contributed by atoms with Crippen molar-refractivity contribution in [3.8, 4) is 23.1 Å². The Bertz CT molecular complexity index is 1200. The van der Waals surface area contributed by atoms with Crippen LogP contribution in [0.2, 0.25) is 0 Å². The lowest BCUT2D eigenvalue weighted by Crippen LogP contribution is -2.36. The summed E-state index contributed by atoms with van der Waals surface area (Å²) in [5.74, 6) is 0.859. The van der Waals surface area contributed by atoms with E-state index in [4.69, 9.17) is 24.7 Å². The summed E-state index contributed by atoms with van der Waals surface area (Å²) in [7, 11) is 4.55. The van der Waals surface area contributed by atoms with Crippen molar-refractivity contribution in [2.24, 2.45) is 5.10 Å². The summed E-state index contributed by atoms with van der Waals surface area (Å²) in [5.41, 5.74) is 9.36. The Morgan fingerprint density at radius 3 is 2.51 bits per heavy atom. The van der Waals surface area contributed by atoms with Gasteiger partial charge in [-0.3, -0.25) is 9.69 Å². The summed E-state index contributed by atoms with van der Waals surface area (Å²) in [6.45, 7) is 2.93. The molecule has 0 unspecified atom stereocenters. The molecule has 3 heterocycles. The van der Waals surface area contributed by atoms with Gasteiger partial charge in [0, 0.05) is 31.3 Å². The molecular weight excluding hydrogens is 462 g/mol. The number of hydrazone groups is 1. The molecule has 3 aromatic rings. The summed E-state index contributed by atoms with van der Waals surface area (Å²) < 4.78 is 27.2. The van der Waals surface area contributed by atoms with Crippen LogP contribution in [0.5, 0.6) is 17.2 Å². The highest BCUT2D eigenvalue weighted by atomic mass is 16.6. The van der Waals surface area contributed by atoms with Crippen LogP contribution in [-0.4, -0.2) is 90.0 Å². The fourth-order valence-corrected chi connectivity index (χ4v) is 3.47. The summed E-state index contributed by atoms with van der Waals surface area (Å²) in [6.07, 6.45) is 1.42. The maximum atomic E-state index is 13.2. The Morgan fingerprint density at radius 1 is 1.14 bits per heavy atom. The molecule has 0 radical (unpaired) electrons. The number of hydrogen-bond donors (Lipinski definition) is 2. The quantitative estimate of drug-likeness (QED) is 0.302. The third-order valence-electron chi connectivity index (χ3n) is 5.23. The maximum absolute atomic E-state index is 13.2. The molecule has 2 aromatic heterocycles. The lowest BCUT2D eigenvalue weighted by molar-refractivity contribution is 0.0335. The smallest absolute Gasteiger partial charge is 0.292 e. The maximum Gasteiger partial charge on any atom is 0.292 e. The normalized spacial score (nSPS) is 14.3. The monoisotopic (exact) mass is 487 g/mol. The van der Waals surface area contributed by atoms with Gasteiger partial charge in [-0.1, -0.05) is 5.21 Å². The average molecular weight is 487 g/mol. The molecule has 15 heteroatoms. The minimum Gasteiger partial charge on any atom is -0.496 e. The third kappa shape index (κ3) is 5.15. The molecule has 0 atom stereocenters. The topological polar surface area (TPSA) is 177 Å². The van der Waals surface area contributed by atoms with Crippen LogP contribution in [0.4, 0.5) is 5.82 Å². The van der Waals surface area contributed by atoms with Gasteiger partial charge in [0.1, 0.15) is 11.4 Å². The first-order chi connectivity index (χ1) is 17.0. The largest absolute Gasteiger partial charge is 0.496 e. The molecule has 1 saturated heterocycles. The van der Waals surface area contributed by atoms with Gasteiger partial charge in [0.25, 0.3) is 5.91 Å². The zero-order valence-corrected chi connectivity index (χ0v) is 19.4. The number of nitrogens with one attached hydrogen (secondary N) is 1. The highest BCUT2D eigenvalue weighted by molar-refractivity contribution is 5.95. The Labute approximate surface area is 199 Å². The van der Waals surface area contributed by atoms with E-state index in [-0.39, 0.29) is 17.3 Å². The van der Waals surface area contributed by atoms with E-state index in [1.807, 2.05) is 0 Å². The molecule has 1 aliphatic heterocycles. The molecule has 15 nitrogen and oxygen atoms in total. The van der Waals surface area contributed by atoms with Crippen LogP contribution in [0.15, 0.2) is 21.9 Å². The number of hydrogen-bond acceptors (Lipinski definition) is 13. The van der Waals surface area contributed by atoms with Crippen LogP contribution in [0, 0.1) is 0 Å². The van der Waals surface area contributed by atoms with Crippen LogP contribution in [0.25, 0.3) is 5.82 Å². The molecule has 1 amide bonds. The fourth-order valence-electron chi connectivity index (χ4n) is 3.47. The first-order valence-corrected chi connectivity index (χ1v) is 10.5. The summed E-state index contributed by atoms with van der Waals surface area (Å²) in [5, 5.41) is 19.6. The van der Waals surface area contributed by atoms with Gasteiger partial charge in [-0.05, 0) is 16.4 Å². The van der Waals surface area contributed by atoms with Crippen molar-refractivity contribution >= 4 is 17.9 Å². The van der Waals surface area contributed by atoms with E-state index in [1.54, 1.807) is 12.1 Å². The second-order valence-corrected chi connectivity index (χ2v) is 7.31. The number of carbonyl (C=O) groups is 1. The van der Waals surface area contributed by atoms with E-state index < -0.39 is 5.91 Å². The highest BCUT2D eigenvalue weighted by Crippen LogP contribution is 2.33. The van der Waals surface area contributed by atoms with E-state index >= 15 is 0 Å². The standard InChI is InChI=1S/C20H25N9O6/c1-31-14-9-16(33-3)15(32-2)8-12(14)10-22-24-20(30)17-13(11-28-4-6-34-7-5-28)23-27-29(17)19-18(21)25-35-26-19/h8-10H,4-7,11H2,1-3H3,(H2,21,25)(H,24,30)/b22-10-. The van der Waals surface area contributed by atoms with Gasteiger partial charge in [0.2, 0.25) is 11.6 Å². The number of benzene rings is 1. The zero-order valence-electron chi connectivity index (χ0n) is 19.4. The third-order valence-corrected chi connectivity index (χ3v) is 5.23. The number of methoxy groups -OCH3 is 3. The summed E-state index contributed by atoms with van der Waals surface area (Å²) in [4.78, 5) is 15.3. The Balaban J connectivity index is 1.60. The van der Waals surface area contributed by atoms with Gasteiger partial charge < -0.3 is 24.7 Å². The molecule has 1 aliphatic rings. The number of anilines is 1. The zero-order chi connectivity index (χ0) is 24.8. The van der Waals surface area contributed by atoms with Gasteiger partial charge in [0.05, 0.1) is 40.8 Å². The SMILES string of the molecule is COc1cc(OC)c(OC)cc1/C=N\NC(=O)c1c(CN2CCOCC2)nnn1-c1nonc1N. The van der Waals surface area contributed by atoms with Gasteiger partial charge in [-0.2, -0.15) is 9.78 Å². The van der Waals surface area contributed by atoms with E-state index in [1.165, 1.54) is 32.2 Å². The van der Waals surface area contributed by atoms with Crippen LogP contribution >= 0.6 is 0 Å². The fraction of sp³-hybridized carbons (Fsp3) is 0.400. The number of ether oxygens (including phenoxy) is 4. The average Bonchev–Trinajstić information content (AvgIpc) is 3.49. The van der Waals surface area contributed by atoms with Gasteiger partial charge in [0.15, 0.2) is 17.2 Å². The molecular formula is C20H25N9O6. The number of morpholine rings is 1. The number of rotatable bonds is 9. The Morgan fingerprint density at radius 2 is 1.86 bits per heavy atom. The Kier molecular flexibility index (Phi) is 7.37. The summed E-state index contributed by atoms with van der Waals surface area (Å²) >= 11 is 0. The van der Waals surface area contributed by atoms with E-state index in [2.05, 4.69) is 40.7 Å². The van der Waals surface area contributed by atoms with Crippen molar-refractivity contribution in [3.05, 3.63) is 29.1 Å². The van der Waals surface area contributed by atoms with Crippen molar-refractivity contribution in [3.63, 3.8) is 0 Å². The first kappa shape index (κ1) is 23.9. The van der Waals surface area contributed by atoms with E-state index in [0.29, 0.717) is 61.4 Å². The van der Waals surface area contributed by atoms with Crippen LogP contribution in [0.1, 0.15) is 21.7 Å². The lowest BCUT2D eigenvalue weighted by atomic mass is 10.2. The molecule has 1 fully saturated rings. The van der Waals surface area contributed by atoms with Gasteiger partial charge >= 0.3 is 0 Å². The van der Waals surface area contributed by atoms with Gasteiger partial charge in [-0.25, -0.2) is 10.1 Å². The minimum atomic E-state index is -0.587. The number of amides is 1. The lowest BCUT2D eigenvalue weighted by Gasteiger charge is -2.25. The number of aromatic nitrogens is 5. The highest BCUT2D eigenvalue weighted by Gasteiger charge is 2.26. The predicted molar refractivity (Wildman–Crippen MR) is 121 cm³/mol. The summed E-state index contributed by atoms with van der Waals surface area (Å²) in [6, 6.07) is 3.33. The van der Waals surface area contributed by atoms with Crippen molar-refractivity contribution < 1.29 is 28.4 Å². The molecule has 35 heavy (non-hydrogen) atoms. The molecule has 0 bridgehead atoms. The second kappa shape index (κ2) is 10.8. The molecule has 186 valence electrons. The Hall–Kier alpha value is -4.24. The molecule has 4 rings (SSSR count). The van der Waals surface area contributed by atoms with Crippen LogP contribution in [0.3, 0.4) is 0 Å². The van der Waals surface area contributed by atoms with Crippen LogP contribution in [-0.2, 0) is 11.3 Å². The molecule has 3 N–H and O–H groups in total. The van der Waals surface area contributed by atoms with Crippen molar-refractivity contribution in [1.82, 2.24) is 35.6 Å². The number of nitrogens with two attached hydrogens (primary N) is 1. The van der Waals surface area contributed by atoms with E-state index in [0.717, 1.165) is 0 Å². The molecule has 0 aliphatic carbocycles. The first-order valence-electron chi connectivity index (χ1n) is 10.5. The van der Waals surface area contributed by atoms with Crippen molar-refractivity contribution in [2.45, 2.75) is 6.54 Å². The minimum absolute atomic E-state index is 0.0413. The van der Waals surface area contributed by atoms with Gasteiger partial charge in [-0.15, -0.1) is 5.10 Å². The number of carbonyl (C=O) groups excluding carboxylic acids is 1. The van der Waals surface area contributed by atoms with Crippen LogP contribution < -0.4 is 25.4 Å². The molecule has 0 spiro atoms. The van der Waals surface area contributed by atoms with E-state index in [9.17, 15) is 4.79 Å². The molecule has 0 saturated carbocycles. The predicted octanol–water partition coefficient (Wildman–Crippen LogP) is -0.146. The van der Waals surface area contributed by atoms with Crippen molar-refractivity contribution in [2.75, 3.05) is 53.4 Å². The number of nitrogen functional groups attached to an aromatic ring is 1.